The lowest BCUT2D eigenvalue weighted by Gasteiger charge is -2.14. The summed E-state index contributed by atoms with van der Waals surface area (Å²) in [6, 6.07) is 10.0. The molecule has 17 heavy (non-hydrogen) atoms. The van der Waals surface area contributed by atoms with Crippen LogP contribution in [-0.2, 0) is 4.79 Å². The summed E-state index contributed by atoms with van der Waals surface area (Å²) in [6.07, 6.45) is 1.88. The van der Waals surface area contributed by atoms with Crippen LogP contribution in [0.15, 0.2) is 43.0 Å². The van der Waals surface area contributed by atoms with E-state index in [-0.39, 0.29) is 23.2 Å². The monoisotopic (exact) mass is 230 g/mol. The van der Waals surface area contributed by atoms with Gasteiger partial charge in [-0.05, 0) is 16.9 Å². The number of carbonyl (C=O) groups is 1. The van der Waals surface area contributed by atoms with Gasteiger partial charge in [0, 0.05) is 5.92 Å². The molecule has 1 N–H and O–H groups in total. The number of rotatable bonds is 4. The Morgan fingerprint density at radius 1 is 1.41 bits per heavy atom. The zero-order valence-electron chi connectivity index (χ0n) is 10.3. The van der Waals surface area contributed by atoms with E-state index in [0.29, 0.717) is 0 Å². The van der Waals surface area contributed by atoms with Crippen molar-refractivity contribution in [2.75, 3.05) is 0 Å². The van der Waals surface area contributed by atoms with Crippen molar-refractivity contribution in [2.24, 2.45) is 17.3 Å². The molecule has 0 aromatic heterocycles. The summed E-state index contributed by atoms with van der Waals surface area (Å²) < 4.78 is 0. The Morgan fingerprint density at radius 3 is 2.41 bits per heavy atom. The minimum absolute atomic E-state index is 0.132. The minimum Gasteiger partial charge on any atom is -0.481 e. The Morgan fingerprint density at radius 2 is 2.00 bits per heavy atom. The third-order valence-electron chi connectivity index (χ3n) is 4.00. The predicted octanol–water partition coefficient (Wildman–Crippen LogP) is 3.31. The SMILES string of the molecule is C=CC(c1ccccc1)[C@@H]1[C@H](C(=O)O)C1(C)C. The Hall–Kier alpha value is -1.57. The Balaban J connectivity index is 2.28. The Labute approximate surface area is 102 Å². The summed E-state index contributed by atoms with van der Waals surface area (Å²) in [5.41, 5.74) is 1.02. The number of aliphatic carboxylic acids is 1. The van der Waals surface area contributed by atoms with Crippen molar-refractivity contribution in [2.45, 2.75) is 19.8 Å². The van der Waals surface area contributed by atoms with Crippen molar-refractivity contribution in [1.82, 2.24) is 0 Å². The molecule has 0 saturated heterocycles. The first-order valence-electron chi connectivity index (χ1n) is 5.90. The van der Waals surface area contributed by atoms with E-state index in [4.69, 9.17) is 0 Å². The molecule has 3 atom stereocenters. The predicted molar refractivity (Wildman–Crippen MR) is 67.8 cm³/mol. The van der Waals surface area contributed by atoms with Crippen molar-refractivity contribution in [3.8, 4) is 0 Å². The smallest absolute Gasteiger partial charge is 0.307 e. The maximum atomic E-state index is 11.2. The summed E-state index contributed by atoms with van der Waals surface area (Å²) >= 11 is 0. The first-order chi connectivity index (χ1) is 8.00. The molecule has 90 valence electrons. The fraction of sp³-hybridized carbons (Fsp3) is 0.400. The van der Waals surface area contributed by atoms with Crippen molar-refractivity contribution in [1.29, 1.82) is 0 Å². The van der Waals surface area contributed by atoms with Gasteiger partial charge < -0.3 is 5.11 Å². The highest BCUT2D eigenvalue weighted by molar-refractivity contribution is 5.76. The molecule has 2 rings (SSSR count). The molecule has 0 aliphatic heterocycles. The average Bonchev–Trinajstić information content (AvgIpc) is 2.84. The molecule has 1 unspecified atom stereocenters. The standard InChI is InChI=1S/C15H18O2/c1-4-11(10-8-6-5-7-9-10)12-13(14(16)17)15(12,2)3/h4-9,11-13H,1H2,2-3H3,(H,16,17)/t11?,12-,13-/m1/s1. The number of carboxylic acids is 1. The fourth-order valence-corrected chi connectivity index (χ4v) is 2.98. The number of hydrogen-bond donors (Lipinski definition) is 1. The largest absolute Gasteiger partial charge is 0.481 e. The van der Waals surface area contributed by atoms with Crippen LogP contribution in [0.25, 0.3) is 0 Å². The van der Waals surface area contributed by atoms with Crippen LogP contribution in [0.4, 0.5) is 0 Å². The summed E-state index contributed by atoms with van der Waals surface area (Å²) in [5, 5.41) is 9.22. The Kier molecular flexibility index (Phi) is 2.82. The van der Waals surface area contributed by atoms with E-state index in [1.54, 1.807) is 0 Å². The van der Waals surface area contributed by atoms with E-state index in [9.17, 15) is 9.90 Å². The molecule has 0 heterocycles. The summed E-state index contributed by atoms with van der Waals surface area (Å²) in [7, 11) is 0. The highest BCUT2D eigenvalue weighted by atomic mass is 16.4. The Bertz CT molecular complexity index is 433. The summed E-state index contributed by atoms with van der Waals surface area (Å²) in [6.45, 7) is 7.91. The first kappa shape index (κ1) is 11.9. The summed E-state index contributed by atoms with van der Waals surface area (Å²) in [5.74, 6) is -0.666. The topological polar surface area (TPSA) is 37.3 Å². The van der Waals surface area contributed by atoms with E-state index < -0.39 is 5.97 Å². The van der Waals surface area contributed by atoms with Gasteiger partial charge in [-0.15, -0.1) is 6.58 Å². The second-order valence-corrected chi connectivity index (χ2v) is 5.34. The van der Waals surface area contributed by atoms with E-state index in [1.165, 1.54) is 0 Å². The molecule has 2 nitrogen and oxygen atoms in total. The molecule has 1 saturated carbocycles. The first-order valence-corrected chi connectivity index (χ1v) is 5.90. The van der Waals surface area contributed by atoms with Gasteiger partial charge in [-0.1, -0.05) is 50.3 Å². The lowest BCUT2D eigenvalue weighted by Crippen LogP contribution is -2.05. The molecular formula is C15H18O2. The molecule has 1 fully saturated rings. The lowest BCUT2D eigenvalue weighted by molar-refractivity contribution is -0.139. The van der Waals surface area contributed by atoms with Crippen molar-refractivity contribution >= 4 is 5.97 Å². The molecule has 1 aliphatic carbocycles. The molecule has 1 aliphatic rings. The third-order valence-corrected chi connectivity index (χ3v) is 4.00. The fourth-order valence-electron chi connectivity index (χ4n) is 2.98. The molecule has 0 bridgehead atoms. The van der Waals surface area contributed by atoms with Crippen LogP contribution in [0.5, 0.6) is 0 Å². The molecule has 0 amide bonds. The molecule has 1 aromatic carbocycles. The lowest BCUT2D eigenvalue weighted by atomic mass is 9.90. The van der Waals surface area contributed by atoms with E-state index in [1.807, 2.05) is 50.3 Å². The summed E-state index contributed by atoms with van der Waals surface area (Å²) in [4.78, 5) is 11.2. The molecule has 0 radical (unpaired) electrons. The molecule has 1 aromatic rings. The number of benzene rings is 1. The van der Waals surface area contributed by atoms with Crippen molar-refractivity contribution < 1.29 is 9.90 Å². The van der Waals surface area contributed by atoms with E-state index in [2.05, 4.69) is 6.58 Å². The quantitative estimate of drug-likeness (QED) is 0.806. The zero-order valence-corrected chi connectivity index (χ0v) is 10.3. The van der Waals surface area contributed by atoms with Crippen LogP contribution in [-0.4, -0.2) is 11.1 Å². The number of allylic oxidation sites excluding steroid dienone is 1. The second kappa shape index (κ2) is 4.02. The van der Waals surface area contributed by atoms with Crippen LogP contribution in [0.2, 0.25) is 0 Å². The maximum absolute atomic E-state index is 11.2. The maximum Gasteiger partial charge on any atom is 0.307 e. The number of carboxylic acid groups (broad SMARTS) is 1. The van der Waals surface area contributed by atoms with Gasteiger partial charge in [0.15, 0.2) is 0 Å². The van der Waals surface area contributed by atoms with Gasteiger partial charge in [0.25, 0.3) is 0 Å². The molecule has 2 heteroatoms. The highest BCUT2D eigenvalue weighted by Gasteiger charge is 2.64. The third kappa shape index (κ3) is 1.88. The van der Waals surface area contributed by atoms with Gasteiger partial charge >= 0.3 is 5.97 Å². The normalized spacial score (nSPS) is 27.2. The molecular weight excluding hydrogens is 212 g/mol. The molecule has 0 spiro atoms. The van der Waals surface area contributed by atoms with Crippen LogP contribution in [0, 0.1) is 17.3 Å². The van der Waals surface area contributed by atoms with Gasteiger partial charge in [-0.3, -0.25) is 4.79 Å². The number of hydrogen-bond acceptors (Lipinski definition) is 1. The van der Waals surface area contributed by atoms with Crippen molar-refractivity contribution in [3.63, 3.8) is 0 Å². The van der Waals surface area contributed by atoms with Gasteiger partial charge in [0.1, 0.15) is 0 Å². The van der Waals surface area contributed by atoms with Gasteiger partial charge in [-0.25, -0.2) is 0 Å². The average molecular weight is 230 g/mol. The van der Waals surface area contributed by atoms with Gasteiger partial charge in [-0.2, -0.15) is 0 Å². The van der Waals surface area contributed by atoms with Crippen LogP contribution >= 0.6 is 0 Å². The minimum atomic E-state index is -0.692. The zero-order chi connectivity index (χ0) is 12.6. The van der Waals surface area contributed by atoms with E-state index in [0.717, 1.165) is 5.56 Å². The van der Waals surface area contributed by atoms with Crippen molar-refractivity contribution in [3.05, 3.63) is 48.6 Å². The van der Waals surface area contributed by atoms with Gasteiger partial charge in [0.05, 0.1) is 5.92 Å². The van der Waals surface area contributed by atoms with Crippen LogP contribution in [0.3, 0.4) is 0 Å². The van der Waals surface area contributed by atoms with Crippen LogP contribution < -0.4 is 0 Å². The van der Waals surface area contributed by atoms with E-state index >= 15 is 0 Å². The highest BCUT2D eigenvalue weighted by Crippen LogP contribution is 2.64. The van der Waals surface area contributed by atoms with Gasteiger partial charge in [0.2, 0.25) is 0 Å². The van der Waals surface area contributed by atoms with Crippen LogP contribution in [0.1, 0.15) is 25.3 Å². The second-order valence-electron chi connectivity index (χ2n) is 5.34.